The van der Waals surface area contributed by atoms with Crippen LogP contribution in [0.2, 0.25) is 0 Å². The van der Waals surface area contributed by atoms with Gasteiger partial charge in [-0.15, -0.1) is 0 Å². The molecule has 1 aromatic rings. The first-order chi connectivity index (χ1) is 8.40. The lowest BCUT2D eigenvalue weighted by molar-refractivity contribution is 0.116. The second-order valence-corrected chi connectivity index (χ2v) is 4.68. The van der Waals surface area contributed by atoms with Crippen LogP contribution in [0, 0.1) is 0 Å². The van der Waals surface area contributed by atoms with Crippen LogP contribution in [0.3, 0.4) is 0 Å². The molecule has 0 unspecified atom stereocenters. The van der Waals surface area contributed by atoms with Crippen LogP contribution in [-0.2, 0) is 6.54 Å². The minimum atomic E-state index is 0.219. The summed E-state index contributed by atoms with van der Waals surface area (Å²) in [4.78, 5) is 10.8. The largest absolute Gasteiger partial charge is 0.395 e. The van der Waals surface area contributed by atoms with E-state index in [0.717, 1.165) is 18.8 Å². The molecule has 0 aromatic carbocycles. The molecule has 0 saturated heterocycles. The van der Waals surface area contributed by atoms with Crippen LogP contribution in [0.15, 0.2) is 18.6 Å². The van der Waals surface area contributed by atoms with Gasteiger partial charge in [-0.05, 0) is 12.8 Å². The Morgan fingerprint density at radius 1 is 1.24 bits per heavy atom. The Kier molecular flexibility index (Phi) is 4.88. The van der Waals surface area contributed by atoms with Crippen molar-refractivity contribution in [2.24, 2.45) is 0 Å². The monoisotopic (exact) mass is 235 g/mol. The van der Waals surface area contributed by atoms with Gasteiger partial charge < -0.3 is 5.11 Å². The van der Waals surface area contributed by atoms with E-state index in [1.165, 1.54) is 32.1 Å². The number of aliphatic hydroxyl groups is 1. The maximum Gasteiger partial charge on any atom is 0.0726 e. The van der Waals surface area contributed by atoms with Crippen molar-refractivity contribution in [1.82, 2.24) is 14.9 Å². The standard InChI is InChI=1S/C13H21N3O/c17-9-8-16(13-4-2-1-3-5-13)11-12-10-14-6-7-15-12/h6-7,10,13,17H,1-5,8-9,11H2. The van der Waals surface area contributed by atoms with E-state index in [-0.39, 0.29) is 6.61 Å². The Hall–Kier alpha value is -1.00. The van der Waals surface area contributed by atoms with Crippen molar-refractivity contribution in [2.75, 3.05) is 13.2 Å². The molecule has 1 saturated carbocycles. The van der Waals surface area contributed by atoms with Gasteiger partial charge in [0.15, 0.2) is 0 Å². The van der Waals surface area contributed by atoms with Gasteiger partial charge in [-0.2, -0.15) is 0 Å². The smallest absolute Gasteiger partial charge is 0.0726 e. The predicted molar refractivity (Wildman–Crippen MR) is 66.4 cm³/mol. The van der Waals surface area contributed by atoms with Gasteiger partial charge in [0.2, 0.25) is 0 Å². The maximum atomic E-state index is 9.17. The van der Waals surface area contributed by atoms with Gasteiger partial charge in [0, 0.05) is 37.7 Å². The van der Waals surface area contributed by atoms with Crippen molar-refractivity contribution < 1.29 is 5.11 Å². The summed E-state index contributed by atoms with van der Waals surface area (Å²) < 4.78 is 0. The summed E-state index contributed by atoms with van der Waals surface area (Å²) >= 11 is 0. The number of aliphatic hydroxyl groups excluding tert-OH is 1. The van der Waals surface area contributed by atoms with Crippen LogP contribution in [0.25, 0.3) is 0 Å². The van der Waals surface area contributed by atoms with E-state index in [9.17, 15) is 0 Å². The third-order valence-corrected chi connectivity index (χ3v) is 3.46. The molecule has 4 heteroatoms. The van der Waals surface area contributed by atoms with Gasteiger partial charge in [-0.1, -0.05) is 19.3 Å². The summed E-state index contributed by atoms with van der Waals surface area (Å²) in [6.45, 7) is 1.76. The quantitative estimate of drug-likeness (QED) is 0.842. The summed E-state index contributed by atoms with van der Waals surface area (Å²) in [5, 5.41) is 9.17. The summed E-state index contributed by atoms with van der Waals surface area (Å²) in [5.41, 5.74) is 0.992. The van der Waals surface area contributed by atoms with Crippen molar-refractivity contribution in [3.8, 4) is 0 Å². The highest BCUT2D eigenvalue weighted by Crippen LogP contribution is 2.23. The molecule has 1 aliphatic rings. The molecule has 94 valence electrons. The van der Waals surface area contributed by atoms with Crippen LogP contribution in [-0.4, -0.2) is 39.2 Å². The average Bonchev–Trinajstić information content (AvgIpc) is 2.40. The van der Waals surface area contributed by atoms with Crippen LogP contribution in [0.4, 0.5) is 0 Å². The van der Waals surface area contributed by atoms with Gasteiger partial charge in [0.25, 0.3) is 0 Å². The fraction of sp³-hybridized carbons (Fsp3) is 0.692. The van der Waals surface area contributed by atoms with Crippen LogP contribution < -0.4 is 0 Å². The molecule has 0 radical (unpaired) electrons. The Morgan fingerprint density at radius 3 is 2.71 bits per heavy atom. The van der Waals surface area contributed by atoms with E-state index >= 15 is 0 Å². The fourth-order valence-corrected chi connectivity index (χ4v) is 2.59. The first-order valence-electron chi connectivity index (χ1n) is 6.50. The van der Waals surface area contributed by atoms with Crippen molar-refractivity contribution >= 4 is 0 Å². The van der Waals surface area contributed by atoms with E-state index in [0.29, 0.717) is 6.04 Å². The third-order valence-electron chi connectivity index (χ3n) is 3.46. The van der Waals surface area contributed by atoms with Gasteiger partial charge >= 0.3 is 0 Å². The molecule has 0 bridgehead atoms. The van der Waals surface area contributed by atoms with Crippen molar-refractivity contribution in [3.63, 3.8) is 0 Å². The van der Waals surface area contributed by atoms with Gasteiger partial charge in [-0.25, -0.2) is 0 Å². The van der Waals surface area contributed by atoms with Crippen LogP contribution in [0.5, 0.6) is 0 Å². The molecule has 4 nitrogen and oxygen atoms in total. The zero-order valence-corrected chi connectivity index (χ0v) is 10.3. The maximum absolute atomic E-state index is 9.17. The molecular weight excluding hydrogens is 214 g/mol. The van der Waals surface area contributed by atoms with Crippen LogP contribution in [0.1, 0.15) is 37.8 Å². The number of nitrogens with zero attached hydrogens (tertiary/aromatic N) is 3. The normalized spacial score (nSPS) is 17.5. The number of aromatic nitrogens is 2. The highest BCUT2D eigenvalue weighted by molar-refractivity contribution is 4.95. The molecule has 2 rings (SSSR count). The Labute approximate surface area is 103 Å². The van der Waals surface area contributed by atoms with E-state index < -0.39 is 0 Å². The van der Waals surface area contributed by atoms with E-state index in [2.05, 4.69) is 14.9 Å². The fourth-order valence-electron chi connectivity index (χ4n) is 2.59. The van der Waals surface area contributed by atoms with Gasteiger partial charge in [0.05, 0.1) is 12.3 Å². The first kappa shape index (κ1) is 12.5. The Morgan fingerprint density at radius 2 is 2.06 bits per heavy atom. The molecule has 1 N–H and O–H groups in total. The minimum Gasteiger partial charge on any atom is -0.395 e. The van der Waals surface area contributed by atoms with E-state index in [1.807, 2.05) is 6.20 Å². The molecule has 0 aliphatic heterocycles. The second-order valence-electron chi connectivity index (χ2n) is 4.68. The molecular formula is C13H21N3O. The Bertz CT molecular complexity index is 312. The SMILES string of the molecule is OCCN(Cc1cnccn1)C1CCCCC1. The number of hydrogen-bond acceptors (Lipinski definition) is 4. The lowest BCUT2D eigenvalue weighted by atomic mass is 9.94. The summed E-state index contributed by atoms with van der Waals surface area (Å²) in [6.07, 6.45) is 11.7. The number of rotatable bonds is 5. The average molecular weight is 235 g/mol. The molecule has 1 fully saturated rings. The Balaban J connectivity index is 1.96. The number of hydrogen-bond donors (Lipinski definition) is 1. The molecule has 17 heavy (non-hydrogen) atoms. The molecule has 1 aliphatic carbocycles. The van der Waals surface area contributed by atoms with Gasteiger partial charge in [0.1, 0.15) is 0 Å². The zero-order chi connectivity index (χ0) is 11.9. The first-order valence-corrected chi connectivity index (χ1v) is 6.50. The topological polar surface area (TPSA) is 49.2 Å². The summed E-state index contributed by atoms with van der Waals surface area (Å²) in [7, 11) is 0. The highest BCUT2D eigenvalue weighted by Gasteiger charge is 2.21. The molecule has 1 heterocycles. The lowest BCUT2D eigenvalue weighted by Crippen LogP contribution is -2.38. The van der Waals surface area contributed by atoms with Crippen molar-refractivity contribution in [3.05, 3.63) is 24.3 Å². The molecule has 0 amide bonds. The predicted octanol–water partition coefficient (Wildman–Crippen LogP) is 1.60. The van der Waals surface area contributed by atoms with E-state index in [1.54, 1.807) is 12.4 Å². The van der Waals surface area contributed by atoms with Crippen molar-refractivity contribution in [1.29, 1.82) is 0 Å². The van der Waals surface area contributed by atoms with Crippen molar-refractivity contribution in [2.45, 2.75) is 44.7 Å². The van der Waals surface area contributed by atoms with Crippen LogP contribution >= 0.6 is 0 Å². The lowest BCUT2D eigenvalue weighted by Gasteiger charge is -2.33. The molecule has 0 spiro atoms. The minimum absolute atomic E-state index is 0.219. The second kappa shape index (κ2) is 6.67. The molecule has 1 aromatic heterocycles. The van der Waals surface area contributed by atoms with E-state index in [4.69, 9.17) is 5.11 Å². The molecule has 0 atom stereocenters. The van der Waals surface area contributed by atoms with Gasteiger partial charge in [-0.3, -0.25) is 14.9 Å². The zero-order valence-electron chi connectivity index (χ0n) is 10.3. The summed E-state index contributed by atoms with van der Waals surface area (Å²) in [5.74, 6) is 0. The highest BCUT2D eigenvalue weighted by atomic mass is 16.3. The summed E-state index contributed by atoms with van der Waals surface area (Å²) in [6, 6.07) is 0.609. The third kappa shape index (κ3) is 3.75.